The van der Waals surface area contributed by atoms with Gasteiger partial charge < -0.3 is 11.1 Å². The fourth-order valence-electron chi connectivity index (χ4n) is 3.01. The van der Waals surface area contributed by atoms with Crippen LogP contribution in [0.5, 0.6) is 0 Å². The van der Waals surface area contributed by atoms with Gasteiger partial charge in [-0.1, -0.05) is 24.3 Å². The minimum atomic E-state index is -0.000561. The lowest BCUT2D eigenvalue weighted by molar-refractivity contribution is -0.115. The minimum Gasteiger partial charge on any atom is -0.399 e. The summed E-state index contributed by atoms with van der Waals surface area (Å²) in [5.41, 5.74) is 10.7. The summed E-state index contributed by atoms with van der Waals surface area (Å²) >= 11 is 2.02. The Morgan fingerprint density at radius 3 is 2.44 bits per heavy atom. The molecule has 0 atom stereocenters. The van der Waals surface area contributed by atoms with Gasteiger partial charge in [-0.2, -0.15) is 11.8 Å². The molecule has 148 valence electrons. The summed E-state index contributed by atoms with van der Waals surface area (Å²) < 4.78 is 0. The normalized spacial score (nSPS) is 14.0. The number of halogens is 2. The van der Waals surface area contributed by atoms with Gasteiger partial charge >= 0.3 is 0 Å². The van der Waals surface area contributed by atoms with Crippen LogP contribution in [-0.4, -0.2) is 35.4 Å². The minimum absolute atomic E-state index is 0. The lowest BCUT2D eigenvalue weighted by Crippen LogP contribution is -2.32. The van der Waals surface area contributed by atoms with Crippen LogP contribution in [0.1, 0.15) is 16.7 Å². The van der Waals surface area contributed by atoms with Gasteiger partial charge in [-0.25, -0.2) is 0 Å². The molecule has 27 heavy (non-hydrogen) atoms. The largest absolute Gasteiger partial charge is 0.399 e. The smallest absolute Gasteiger partial charge is 0.228 e. The molecule has 1 fully saturated rings. The molecule has 0 aliphatic carbocycles. The maximum absolute atomic E-state index is 12.4. The zero-order chi connectivity index (χ0) is 17.6. The summed E-state index contributed by atoms with van der Waals surface area (Å²) in [5, 5.41) is 3.06. The van der Waals surface area contributed by atoms with E-state index in [2.05, 4.69) is 23.2 Å². The summed E-state index contributed by atoms with van der Waals surface area (Å²) in [6, 6.07) is 13.6. The summed E-state index contributed by atoms with van der Waals surface area (Å²) in [6.45, 7) is 5.32. The Morgan fingerprint density at radius 2 is 1.78 bits per heavy atom. The SMILES string of the molecule is Cc1c(CN2CCSCC2)cccc1NC(=O)Cc1ccc(N)cc1.Cl.Cl. The highest BCUT2D eigenvalue weighted by Gasteiger charge is 2.14. The van der Waals surface area contributed by atoms with Gasteiger partial charge in [0.15, 0.2) is 0 Å². The Bertz CT molecular complexity index is 735. The van der Waals surface area contributed by atoms with Crippen molar-refractivity contribution in [2.75, 3.05) is 35.6 Å². The van der Waals surface area contributed by atoms with Gasteiger partial charge in [0.1, 0.15) is 0 Å². The van der Waals surface area contributed by atoms with E-state index in [9.17, 15) is 4.79 Å². The van der Waals surface area contributed by atoms with Crippen molar-refractivity contribution in [1.82, 2.24) is 4.90 Å². The molecule has 2 aromatic carbocycles. The molecule has 0 unspecified atom stereocenters. The molecule has 4 nitrogen and oxygen atoms in total. The van der Waals surface area contributed by atoms with Crippen LogP contribution in [0.15, 0.2) is 42.5 Å². The van der Waals surface area contributed by atoms with Crippen molar-refractivity contribution in [3.05, 3.63) is 59.2 Å². The summed E-state index contributed by atoms with van der Waals surface area (Å²) in [4.78, 5) is 14.8. The number of benzene rings is 2. The van der Waals surface area contributed by atoms with Crippen molar-refractivity contribution in [2.45, 2.75) is 19.9 Å². The number of nitrogen functional groups attached to an aromatic ring is 1. The third-order valence-electron chi connectivity index (χ3n) is 4.56. The van der Waals surface area contributed by atoms with E-state index in [1.165, 1.54) is 17.1 Å². The highest BCUT2D eigenvalue weighted by Crippen LogP contribution is 2.22. The van der Waals surface area contributed by atoms with Crippen molar-refractivity contribution in [2.24, 2.45) is 0 Å². The molecule has 0 saturated carbocycles. The fourth-order valence-corrected chi connectivity index (χ4v) is 3.98. The fraction of sp³-hybridized carbons (Fsp3) is 0.350. The summed E-state index contributed by atoms with van der Waals surface area (Å²) in [6.07, 6.45) is 0.354. The van der Waals surface area contributed by atoms with E-state index in [4.69, 9.17) is 5.73 Å². The van der Waals surface area contributed by atoms with Gasteiger partial charge in [0.2, 0.25) is 5.91 Å². The van der Waals surface area contributed by atoms with E-state index in [0.717, 1.165) is 36.4 Å². The first-order chi connectivity index (χ1) is 12.1. The van der Waals surface area contributed by atoms with Crippen LogP contribution in [0.25, 0.3) is 0 Å². The van der Waals surface area contributed by atoms with Crippen molar-refractivity contribution in [3.63, 3.8) is 0 Å². The average molecular weight is 428 g/mol. The molecule has 1 aliphatic heterocycles. The number of thioether (sulfide) groups is 1. The summed E-state index contributed by atoms with van der Waals surface area (Å²) in [7, 11) is 0. The number of nitrogens with two attached hydrogens (primary N) is 1. The van der Waals surface area contributed by atoms with Gasteiger partial charge in [-0.15, -0.1) is 24.8 Å². The third-order valence-corrected chi connectivity index (χ3v) is 5.50. The molecule has 0 radical (unpaired) electrons. The molecule has 0 aromatic heterocycles. The molecule has 2 aromatic rings. The number of amides is 1. The molecular formula is C20H27Cl2N3OS. The van der Waals surface area contributed by atoms with E-state index in [1.807, 2.05) is 48.2 Å². The van der Waals surface area contributed by atoms with Crippen LogP contribution in [-0.2, 0) is 17.8 Å². The van der Waals surface area contributed by atoms with Crippen LogP contribution in [0, 0.1) is 6.92 Å². The Balaban J connectivity index is 0.00000182. The average Bonchev–Trinajstić information content (AvgIpc) is 2.61. The van der Waals surface area contributed by atoms with E-state index in [1.54, 1.807) is 0 Å². The van der Waals surface area contributed by atoms with E-state index >= 15 is 0 Å². The topological polar surface area (TPSA) is 58.4 Å². The monoisotopic (exact) mass is 427 g/mol. The van der Waals surface area contributed by atoms with Crippen LogP contribution in [0.4, 0.5) is 11.4 Å². The number of carbonyl (C=O) groups excluding carboxylic acids is 1. The van der Waals surface area contributed by atoms with Crippen LogP contribution < -0.4 is 11.1 Å². The third kappa shape index (κ3) is 6.92. The standard InChI is InChI=1S/C20H25N3OS.2ClH/c1-15-17(14-23-9-11-25-12-10-23)3-2-4-19(15)22-20(24)13-16-5-7-18(21)8-6-16;;/h2-8H,9-14,21H2,1H3,(H,22,24);2*1H. The number of rotatable bonds is 5. The number of carbonyl (C=O) groups is 1. The maximum atomic E-state index is 12.4. The zero-order valence-corrected chi connectivity index (χ0v) is 17.9. The highest BCUT2D eigenvalue weighted by molar-refractivity contribution is 7.99. The Kier molecular flexibility index (Phi) is 10.0. The quantitative estimate of drug-likeness (QED) is 0.703. The maximum Gasteiger partial charge on any atom is 0.228 e. The molecule has 7 heteroatoms. The lowest BCUT2D eigenvalue weighted by Gasteiger charge is -2.27. The van der Waals surface area contributed by atoms with Crippen molar-refractivity contribution < 1.29 is 4.79 Å². The number of hydrogen-bond acceptors (Lipinski definition) is 4. The number of nitrogens with one attached hydrogen (secondary N) is 1. The van der Waals surface area contributed by atoms with Gasteiger partial charge in [0.25, 0.3) is 0 Å². The van der Waals surface area contributed by atoms with Crippen LogP contribution in [0.3, 0.4) is 0 Å². The molecule has 1 saturated heterocycles. The van der Waals surface area contributed by atoms with E-state index in [-0.39, 0.29) is 30.7 Å². The Morgan fingerprint density at radius 1 is 1.11 bits per heavy atom. The van der Waals surface area contributed by atoms with Crippen molar-refractivity contribution in [1.29, 1.82) is 0 Å². The van der Waals surface area contributed by atoms with Gasteiger partial charge in [0, 0.05) is 42.5 Å². The Labute approximate surface area is 178 Å². The number of hydrogen-bond donors (Lipinski definition) is 2. The second kappa shape index (κ2) is 11.4. The van der Waals surface area contributed by atoms with Crippen molar-refractivity contribution in [3.8, 4) is 0 Å². The number of nitrogens with zero attached hydrogens (tertiary/aromatic N) is 1. The highest BCUT2D eigenvalue weighted by atomic mass is 35.5. The molecule has 3 N–H and O–H groups in total. The van der Waals surface area contributed by atoms with E-state index in [0.29, 0.717) is 12.1 Å². The van der Waals surface area contributed by atoms with Gasteiger partial charge in [-0.05, 0) is 41.8 Å². The molecule has 0 spiro atoms. The molecule has 1 heterocycles. The van der Waals surface area contributed by atoms with Crippen LogP contribution in [0.2, 0.25) is 0 Å². The summed E-state index contributed by atoms with van der Waals surface area (Å²) in [5.74, 6) is 2.41. The molecule has 3 rings (SSSR count). The second-order valence-electron chi connectivity index (χ2n) is 6.44. The molecule has 1 aliphatic rings. The molecular weight excluding hydrogens is 401 g/mol. The van der Waals surface area contributed by atoms with Gasteiger partial charge in [-0.3, -0.25) is 9.69 Å². The van der Waals surface area contributed by atoms with Gasteiger partial charge in [0.05, 0.1) is 6.42 Å². The van der Waals surface area contributed by atoms with E-state index < -0.39 is 0 Å². The molecule has 1 amide bonds. The predicted molar refractivity (Wildman–Crippen MR) is 121 cm³/mol. The first-order valence-corrected chi connectivity index (χ1v) is 9.80. The molecule has 0 bridgehead atoms. The number of anilines is 2. The Hall–Kier alpha value is -1.40. The lowest BCUT2D eigenvalue weighted by atomic mass is 10.1. The van der Waals surface area contributed by atoms with Crippen LogP contribution >= 0.6 is 36.6 Å². The van der Waals surface area contributed by atoms with Crippen molar-refractivity contribution >= 4 is 53.9 Å². The zero-order valence-electron chi connectivity index (χ0n) is 15.4. The first kappa shape index (κ1) is 23.6. The second-order valence-corrected chi connectivity index (χ2v) is 7.67. The predicted octanol–water partition coefficient (Wildman–Crippen LogP) is 4.15. The first-order valence-electron chi connectivity index (χ1n) is 8.64.